The van der Waals surface area contributed by atoms with Crippen molar-refractivity contribution in [2.45, 2.75) is 37.1 Å². The van der Waals surface area contributed by atoms with E-state index in [4.69, 9.17) is 18.0 Å². The molecule has 0 radical (unpaired) electrons. The van der Waals surface area contributed by atoms with Gasteiger partial charge in [-0.1, -0.05) is 18.3 Å². The fourth-order valence-electron chi connectivity index (χ4n) is 2.63. The van der Waals surface area contributed by atoms with Gasteiger partial charge in [-0.25, -0.2) is 0 Å². The summed E-state index contributed by atoms with van der Waals surface area (Å²) in [5, 5.41) is 0. The fraction of sp³-hybridized carbons (Fsp3) is 0.500. The van der Waals surface area contributed by atoms with E-state index in [9.17, 15) is 0 Å². The largest absolute Gasteiger partial charge is 0.389 e. The number of thioether (sulfide) groups is 1. The van der Waals surface area contributed by atoms with Gasteiger partial charge >= 0.3 is 0 Å². The van der Waals surface area contributed by atoms with Crippen molar-refractivity contribution in [1.29, 1.82) is 0 Å². The predicted molar refractivity (Wildman–Crippen MR) is 84.8 cm³/mol. The lowest BCUT2D eigenvalue weighted by atomic mass is 10.0. The highest BCUT2D eigenvalue weighted by Crippen LogP contribution is 2.33. The Morgan fingerprint density at radius 3 is 2.83 bits per heavy atom. The fourth-order valence-corrected chi connectivity index (χ4v) is 3.55. The maximum atomic E-state index is 5.93. The molecule has 18 heavy (non-hydrogen) atoms. The van der Waals surface area contributed by atoms with Crippen LogP contribution in [0.25, 0.3) is 0 Å². The predicted octanol–water partition coefficient (Wildman–Crippen LogP) is 3.42. The molecule has 1 aliphatic heterocycles. The van der Waals surface area contributed by atoms with Crippen molar-refractivity contribution >= 4 is 34.7 Å². The van der Waals surface area contributed by atoms with Gasteiger partial charge in [0, 0.05) is 28.7 Å². The third kappa shape index (κ3) is 2.64. The summed E-state index contributed by atoms with van der Waals surface area (Å²) in [6.07, 6.45) is 5.90. The highest BCUT2D eigenvalue weighted by Gasteiger charge is 2.22. The normalized spacial score (nSPS) is 19.9. The molecule has 1 unspecified atom stereocenters. The van der Waals surface area contributed by atoms with Crippen molar-refractivity contribution in [2.24, 2.45) is 5.73 Å². The molecule has 1 aliphatic rings. The summed E-state index contributed by atoms with van der Waals surface area (Å²) in [7, 11) is 0. The number of benzene rings is 1. The third-order valence-corrected chi connectivity index (χ3v) is 4.57. The van der Waals surface area contributed by atoms with Crippen LogP contribution in [0.15, 0.2) is 23.1 Å². The number of nitrogens with zero attached hydrogens (tertiary/aromatic N) is 1. The molecule has 1 saturated heterocycles. The molecule has 0 amide bonds. The molecule has 2 rings (SSSR count). The molecule has 2 N–H and O–H groups in total. The monoisotopic (exact) mass is 280 g/mol. The first-order chi connectivity index (χ1) is 8.65. The Morgan fingerprint density at radius 1 is 1.44 bits per heavy atom. The Labute approximate surface area is 119 Å². The Balaban J connectivity index is 2.45. The summed E-state index contributed by atoms with van der Waals surface area (Å²) in [6, 6.07) is 6.92. The van der Waals surface area contributed by atoms with Crippen molar-refractivity contribution in [1.82, 2.24) is 0 Å². The molecule has 98 valence electrons. The zero-order valence-corrected chi connectivity index (χ0v) is 12.6. The van der Waals surface area contributed by atoms with Gasteiger partial charge in [0.05, 0.1) is 0 Å². The van der Waals surface area contributed by atoms with Crippen molar-refractivity contribution < 1.29 is 0 Å². The lowest BCUT2D eigenvalue weighted by molar-refractivity contribution is 0.484. The minimum atomic E-state index is 0.507. The molecule has 0 saturated carbocycles. The minimum absolute atomic E-state index is 0.507. The standard InChI is InChI=1S/C14H20N2S2/c1-10-6-3-4-9-16(10)11-7-5-8-12(18-2)13(11)14(15)17/h5,7-8,10H,3-4,6,9H2,1-2H3,(H2,15,17). The first-order valence-electron chi connectivity index (χ1n) is 6.38. The SMILES string of the molecule is CSc1cccc(N2CCCCC2C)c1C(N)=S. The van der Waals surface area contributed by atoms with Crippen molar-refractivity contribution in [3.8, 4) is 0 Å². The Bertz CT molecular complexity index is 445. The average molecular weight is 280 g/mol. The van der Waals surface area contributed by atoms with E-state index in [0.717, 1.165) is 12.1 Å². The summed E-state index contributed by atoms with van der Waals surface area (Å²) >= 11 is 6.96. The van der Waals surface area contributed by atoms with Crippen molar-refractivity contribution in [3.63, 3.8) is 0 Å². The zero-order chi connectivity index (χ0) is 13.1. The summed E-state index contributed by atoms with van der Waals surface area (Å²) in [4.78, 5) is 4.14. The van der Waals surface area contributed by atoms with E-state index in [0.29, 0.717) is 11.0 Å². The number of thiocarbonyl (C=S) groups is 1. The molecule has 0 aromatic heterocycles. The quantitative estimate of drug-likeness (QED) is 0.678. The van der Waals surface area contributed by atoms with Gasteiger partial charge in [-0.05, 0) is 44.6 Å². The molecule has 0 spiro atoms. The summed E-state index contributed by atoms with van der Waals surface area (Å²) in [6.45, 7) is 3.39. The summed E-state index contributed by atoms with van der Waals surface area (Å²) < 4.78 is 0. The number of rotatable bonds is 3. The molecule has 1 aromatic rings. The second kappa shape index (κ2) is 5.93. The van der Waals surface area contributed by atoms with Crippen LogP contribution in [-0.4, -0.2) is 23.8 Å². The number of piperidine rings is 1. The van der Waals surface area contributed by atoms with E-state index in [1.807, 2.05) is 0 Å². The summed E-state index contributed by atoms with van der Waals surface area (Å²) in [5.74, 6) is 0. The second-order valence-electron chi connectivity index (χ2n) is 4.76. The molecule has 0 bridgehead atoms. The van der Waals surface area contributed by atoms with Crippen LogP contribution in [0.4, 0.5) is 5.69 Å². The number of nitrogens with two attached hydrogens (primary N) is 1. The molecular formula is C14H20N2S2. The highest BCUT2D eigenvalue weighted by atomic mass is 32.2. The van der Waals surface area contributed by atoms with E-state index >= 15 is 0 Å². The number of anilines is 1. The molecule has 1 aromatic carbocycles. The molecule has 1 atom stereocenters. The number of hydrogen-bond acceptors (Lipinski definition) is 3. The maximum absolute atomic E-state index is 5.93. The van der Waals surface area contributed by atoms with Gasteiger partial charge in [-0.3, -0.25) is 0 Å². The smallest absolute Gasteiger partial charge is 0.107 e. The van der Waals surface area contributed by atoms with Crippen molar-refractivity contribution in [3.05, 3.63) is 23.8 Å². The van der Waals surface area contributed by atoms with Gasteiger partial charge in [0.1, 0.15) is 4.99 Å². The van der Waals surface area contributed by atoms with Gasteiger partial charge in [0.25, 0.3) is 0 Å². The van der Waals surface area contributed by atoms with E-state index in [1.165, 1.54) is 29.8 Å². The van der Waals surface area contributed by atoms with Gasteiger partial charge in [-0.2, -0.15) is 0 Å². The van der Waals surface area contributed by atoms with E-state index < -0.39 is 0 Å². The Kier molecular flexibility index (Phi) is 4.51. The zero-order valence-electron chi connectivity index (χ0n) is 11.0. The molecule has 2 nitrogen and oxygen atoms in total. The first kappa shape index (κ1) is 13.7. The van der Waals surface area contributed by atoms with Crippen LogP contribution in [0.5, 0.6) is 0 Å². The lowest BCUT2D eigenvalue weighted by Gasteiger charge is -2.37. The van der Waals surface area contributed by atoms with E-state index in [2.05, 4.69) is 36.3 Å². The van der Waals surface area contributed by atoms with E-state index in [1.54, 1.807) is 11.8 Å². The molecule has 1 heterocycles. The van der Waals surface area contributed by atoms with Crippen LogP contribution in [0.3, 0.4) is 0 Å². The number of hydrogen-bond donors (Lipinski definition) is 1. The van der Waals surface area contributed by atoms with Gasteiger partial charge < -0.3 is 10.6 Å². The van der Waals surface area contributed by atoms with Crippen LogP contribution in [0.2, 0.25) is 0 Å². The van der Waals surface area contributed by atoms with Crippen LogP contribution in [0.1, 0.15) is 31.7 Å². The van der Waals surface area contributed by atoms with Gasteiger partial charge in [0.2, 0.25) is 0 Å². The minimum Gasteiger partial charge on any atom is -0.389 e. The van der Waals surface area contributed by atoms with Crippen LogP contribution >= 0.6 is 24.0 Å². The molecule has 0 aliphatic carbocycles. The van der Waals surface area contributed by atoms with Crippen molar-refractivity contribution in [2.75, 3.05) is 17.7 Å². The van der Waals surface area contributed by atoms with Crippen LogP contribution in [-0.2, 0) is 0 Å². The van der Waals surface area contributed by atoms with Gasteiger partial charge in [0.15, 0.2) is 0 Å². The lowest BCUT2D eigenvalue weighted by Crippen LogP contribution is -2.38. The topological polar surface area (TPSA) is 29.3 Å². The van der Waals surface area contributed by atoms with Crippen LogP contribution in [0, 0.1) is 0 Å². The van der Waals surface area contributed by atoms with Gasteiger partial charge in [-0.15, -0.1) is 11.8 Å². The second-order valence-corrected chi connectivity index (χ2v) is 6.04. The van der Waals surface area contributed by atoms with E-state index in [-0.39, 0.29) is 0 Å². The average Bonchev–Trinajstić information content (AvgIpc) is 2.38. The molecule has 4 heteroatoms. The third-order valence-electron chi connectivity index (χ3n) is 3.58. The highest BCUT2D eigenvalue weighted by molar-refractivity contribution is 7.98. The molecule has 1 fully saturated rings. The Hall–Kier alpha value is -0.740. The summed E-state index contributed by atoms with van der Waals surface area (Å²) in [5.41, 5.74) is 8.19. The molecular weight excluding hydrogens is 260 g/mol. The maximum Gasteiger partial charge on any atom is 0.107 e. The first-order valence-corrected chi connectivity index (χ1v) is 8.02. The van der Waals surface area contributed by atoms with Crippen LogP contribution < -0.4 is 10.6 Å². The Morgan fingerprint density at radius 2 is 2.22 bits per heavy atom.